The molecule has 5 nitrogen and oxygen atoms in total. The van der Waals surface area contributed by atoms with E-state index in [2.05, 4.69) is 21.5 Å². The number of aromatic nitrogens is 2. The summed E-state index contributed by atoms with van der Waals surface area (Å²) in [4.78, 5) is 19.5. The molecule has 0 saturated carbocycles. The summed E-state index contributed by atoms with van der Waals surface area (Å²) in [5, 5.41) is 12.8. The molecule has 6 heteroatoms. The van der Waals surface area contributed by atoms with Crippen LogP contribution < -0.4 is 5.32 Å². The van der Waals surface area contributed by atoms with Crippen LogP contribution >= 0.6 is 11.8 Å². The first kappa shape index (κ1) is 13.6. The van der Waals surface area contributed by atoms with Crippen LogP contribution in [0.2, 0.25) is 0 Å². The summed E-state index contributed by atoms with van der Waals surface area (Å²) in [6.07, 6.45) is 4.67. The van der Waals surface area contributed by atoms with Crippen LogP contribution in [0.4, 0.5) is 5.95 Å². The number of hydrogen-bond acceptors (Lipinski definition) is 5. The Balaban J connectivity index is 2.19. The highest BCUT2D eigenvalue weighted by molar-refractivity contribution is 7.98. The van der Waals surface area contributed by atoms with E-state index in [4.69, 9.17) is 5.11 Å². The molecule has 19 heavy (non-hydrogen) atoms. The second-order valence-electron chi connectivity index (χ2n) is 4.01. The van der Waals surface area contributed by atoms with Crippen molar-refractivity contribution in [2.24, 2.45) is 0 Å². The number of hydrogen-bond donors (Lipinski definition) is 2. The Labute approximate surface area is 115 Å². The molecule has 1 aromatic heterocycles. The summed E-state index contributed by atoms with van der Waals surface area (Å²) in [6.45, 7) is 0.810. The summed E-state index contributed by atoms with van der Waals surface area (Å²) in [6, 6.07) is 5.03. The van der Waals surface area contributed by atoms with Gasteiger partial charge in [0, 0.05) is 18.1 Å². The van der Waals surface area contributed by atoms with E-state index >= 15 is 0 Å². The fraction of sp³-hybridized carbons (Fsp3) is 0.308. The lowest BCUT2D eigenvalue weighted by Gasteiger charge is -2.06. The van der Waals surface area contributed by atoms with Crippen molar-refractivity contribution in [2.45, 2.75) is 6.42 Å². The van der Waals surface area contributed by atoms with E-state index < -0.39 is 5.97 Å². The van der Waals surface area contributed by atoms with Crippen LogP contribution in [0.5, 0.6) is 0 Å². The number of nitrogens with one attached hydrogen (secondary N) is 1. The van der Waals surface area contributed by atoms with Gasteiger partial charge < -0.3 is 10.4 Å². The molecule has 0 fully saturated rings. The largest absolute Gasteiger partial charge is 0.478 e. The van der Waals surface area contributed by atoms with E-state index in [1.165, 1.54) is 0 Å². The van der Waals surface area contributed by atoms with Gasteiger partial charge in [0.25, 0.3) is 0 Å². The summed E-state index contributed by atoms with van der Waals surface area (Å²) < 4.78 is 0. The van der Waals surface area contributed by atoms with Gasteiger partial charge in [-0.2, -0.15) is 11.8 Å². The van der Waals surface area contributed by atoms with E-state index in [1.54, 1.807) is 36.2 Å². The van der Waals surface area contributed by atoms with Crippen molar-refractivity contribution >= 4 is 34.6 Å². The van der Waals surface area contributed by atoms with Gasteiger partial charge in [-0.15, -0.1) is 0 Å². The molecule has 1 aromatic carbocycles. The van der Waals surface area contributed by atoms with Gasteiger partial charge >= 0.3 is 5.97 Å². The number of thioether (sulfide) groups is 1. The van der Waals surface area contributed by atoms with Gasteiger partial charge in [-0.1, -0.05) is 6.07 Å². The maximum Gasteiger partial charge on any atom is 0.336 e. The molecule has 0 aliphatic rings. The van der Waals surface area contributed by atoms with E-state index in [0.717, 1.165) is 18.7 Å². The standard InChI is InChI=1S/C13H15N3O2S/c1-19-7-3-6-14-13-15-8-10-9(12(17)18)4-2-5-11(10)16-13/h2,4-5,8H,3,6-7H2,1H3,(H,17,18)(H,14,15,16). The van der Waals surface area contributed by atoms with Crippen molar-refractivity contribution < 1.29 is 9.90 Å². The molecule has 0 bridgehead atoms. The second kappa shape index (κ2) is 6.38. The lowest BCUT2D eigenvalue weighted by Crippen LogP contribution is -2.07. The van der Waals surface area contributed by atoms with Gasteiger partial charge in [0.15, 0.2) is 0 Å². The van der Waals surface area contributed by atoms with Gasteiger partial charge in [0.2, 0.25) is 5.95 Å². The lowest BCUT2D eigenvalue weighted by molar-refractivity contribution is 0.0699. The highest BCUT2D eigenvalue weighted by Gasteiger charge is 2.09. The van der Waals surface area contributed by atoms with E-state index in [1.807, 2.05) is 0 Å². The van der Waals surface area contributed by atoms with Crippen molar-refractivity contribution in [3.05, 3.63) is 30.0 Å². The predicted octanol–water partition coefficient (Wildman–Crippen LogP) is 2.49. The minimum atomic E-state index is -0.963. The average Bonchev–Trinajstić information content (AvgIpc) is 2.42. The van der Waals surface area contributed by atoms with Gasteiger partial charge in [0.1, 0.15) is 0 Å². The number of anilines is 1. The van der Waals surface area contributed by atoms with Crippen LogP contribution in [-0.2, 0) is 0 Å². The molecule has 0 radical (unpaired) electrons. The molecule has 0 spiro atoms. The summed E-state index contributed by atoms with van der Waals surface area (Å²) in [5.41, 5.74) is 0.869. The number of carboxylic acid groups (broad SMARTS) is 1. The number of carbonyl (C=O) groups is 1. The molecule has 2 rings (SSSR count). The normalized spacial score (nSPS) is 10.6. The van der Waals surface area contributed by atoms with Crippen LogP contribution in [0.15, 0.2) is 24.4 Å². The molecule has 0 saturated heterocycles. The monoisotopic (exact) mass is 277 g/mol. The Kier molecular flexibility index (Phi) is 4.57. The Morgan fingerprint density at radius 2 is 2.32 bits per heavy atom. The topological polar surface area (TPSA) is 75.1 Å². The van der Waals surface area contributed by atoms with Crippen LogP contribution in [0.3, 0.4) is 0 Å². The summed E-state index contributed by atoms with van der Waals surface area (Å²) in [5.74, 6) is 0.662. The zero-order valence-corrected chi connectivity index (χ0v) is 11.4. The maximum absolute atomic E-state index is 11.1. The third kappa shape index (κ3) is 3.35. The van der Waals surface area contributed by atoms with Crippen LogP contribution in [0, 0.1) is 0 Å². The molecule has 2 aromatic rings. The zero-order valence-electron chi connectivity index (χ0n) is 10.6. The Morgan fingerprint density at radius 3 is 3.05 bits per heavy atom. The zero-order chi connectivity index (χ0) is 13.7. The van der Waals surface area contributed by atoms with Crippen LogP contribution in [0.25, 0.3) is 10.9 Å². The Hall–Kier alpha value is -1.82. The summed E-state index contributed by atoms with van der Waals surface area (Å²) in [7, 11) is 0. The molecule has 0 aliphatic carbocycles. The number of carboxylic acids is 1. The third-order valence-corrected chi connectivity index (χ3v) is 3.36. The maximum atomic E-state index is 11.1. The van der Waals surface area contributed by atoms with E-state index in [9.17, 15) is 4.79 Å². The fourth-order valence-corrected chi connectivity index (χ4v) is 2.18. The molecule has 1 heterocycles. The predicted molar refractivity (Wildman–Crippen MR) is 78.0 cm³/mol. The van der Waals surface area contributed by atoms with Crippen molar-refractivity contribution in [1.82, 2.24) is 9.97 Å². The number of aromatic carboxylic acids is 1. The third-order valence-electron chi connectivity index (χ3n) is 2.66. The average molecular weight is 277 g/mol. The number of benzene rings is 1. The number of nitrogens with zero attached hydrogens (tertiary/aromatic N) is 2. The fourth-order valence-electron chi connectivity index (χ4n) is 1.74. The van der Waals surface area contributed by atoms with Gasteiger partial charge in [-0.05, 0) is 30.6 Å². The quantitative estimate of drug-likeness (QED) is 0.790. The summed E-state index contributed by atoms with van der Waals surface area (Å²) >= 11 is 1.80. The molecule has 2 N–H and O–H groups in total. The van der Waals surface area contributed by atoms with E-state index in [0.29, 0.717) is 16.9 Å². The highest BCUT2D eigenvalue weighted by Crippen LogP contribution is 2.17. The number of rotatable bonds is 6. The molecule has 0 amide bonds. The molecule has 0 unspecified atom stereocenters. The van der Waals surface area contributed by atoms with Crippen LogP contribution in [0.1, 0.15) is 16.8 Å². The smallest absolute Gasteiger partial charge is 0.336 e. The first-order valence-corrected chi connectivity index (χ1v) is 7.33. The van der Waals surface area contributed by atoms with Gasteiger partial charge in [-0.3, -0.25) is 0 Å². The second-order valence-corrected chi connectivity index (χ2v) is 5.00. The van der Waals surface area contributed by atoms with E-state index in [-0.39, 0.29) is 5.56 Å². The Morgan fingerprint density at radius 1 is 1.47 bits per heavy atom. The van der Waals surface area contributed by atoms with Gasteiger partial charge in [-0.25, -0.2) is 14.8 Å². The van der Waals surface area contributed by atoms with Crippen LogP contribution in [-0.4, -0.2) is 39.6 Å². The first-order chi connectivity index (χ1) is 9.22. The van der Waals surface area contributed by atoms with Crippen molar-refractivity contribution in [3.63, 3.8) is 0 Å². The molecule has 100 valence electrons. The lowest BCUT2D eigenvalue weighted by atomic mass is 10.1. The van der Waals surface area contributed by atoms with Crippen molar-refractivity contribution in [1.29, 1.82) is 0 Å². The number of fused-ring (bicyclic) bond motifs is 1. The molecule has 0 aliphatic heterocycles. The van der Waals surface area contributed by atoms with Crippen molar-refractivity contribution in [2.75, 3.05) is 23.9 Å². The minimum Gasteiger partial charge on any atom is -0.478 e. The SMILES string of the molecule is CSCCCNc1ncc2c(C(=O)O)cccc2n1. The van der Waals surface area contributed by atoms with Crippen molar-refractivity contribution in [3.8, 4) is 0 Å². The van der Waals surface area contributed by atoms with Gasteiger partial charge in [0.05, 0.1) is 11.1 Å². The molecular weight excluding hydrogens is 262 g/mol. The first-order valence-electron chi connectivity index (χ1n) is 5.94. The highest BCUT2D eigenvalue weighted by atomic mass is 32.2. The molecule has 0 atom stereocenters. The minimum absolute atomic E-state index is 0.228. The molecular formula is C13H15N3O2S. The Bertz CT molecular complexity index is 589.